The van der Waals surface area contributed by atoms with Crippen LogP contribution in [0.5, 0.6) is 5.75 Å². The Balaban J connectivity index is 1.50. The van der Waals surface area contributed by atoms with E-state index in [2.05, 4.69) is 5.32 Å². The topological polar surface area (TPSA) is 101 Å². The molecule has 1 aromatic carbocycles. The van der Waals surface area contributed by atoms with Gasteiger partial charge in [0.05, 0.1) is 18.8 Å². The van der Waals surface area contributed by atoms with Gasteiger partial charge in [0, 0.05) is 42.9 Å². The molecule has 1 unspecified atom stereocenters. The number of fused-ring (bicyclic) bond motifs is 7. The first-order valence-corrected chi connectivity index (χ1v) is 10.4. The first-order valence-electron chi connectivity index (χ1n) is 10.4. The maximum absolute atomic E-state index is 13.9. The SMILES string of the molecule is C[C@H]1[C@H]2COC(C2)[C@H]2CN1C(=O)c1c(O)c(=O)c(C(=O)NCc3ccc(F)cc3F)cn12. The Bertz CT molecular complexity index is 1200. The molecule has 168 valence electrons. The number of aromatic hydroxyl groups is 1. The first-order chi connectivity index (χ1) is 15.3. The Hall–Kier alpha value is -3.27. The quantitative estimate of drug-likeness (QED) is 0.747. The molecule has 0 spiro atoms. The van der Waals surface area contributed by atoms with Crippen molar-refractivity contribution in [2.24, 2.45) is 5.92 Å². The molecule has 4 bridgehead atoms. The lowest BCUT2D eigenvalue weighted by Gasteiger charge is -2.41. The van der Waals surface area contributed by atoms with E-state index in [4.69, 9.17) is 4.74 Å². The van der Waals surface area contributed by atoms with E-state index in [0.29, 0.717) is 19.2 Å². The third-order valence-corrected chi connectivity index (χ3v) is 6.78. The zero-order valence-electron chi connectivity index (χ0n) is 17.2. The molecule has 5 rings (SSSR count). The molecule has 2 amide bonds. The molecule has 2 saturated heterocycles. The molecule has 10 heteroatoms. The van der Waals surface area contributed by atoms with Gasteiger partial charge < -0.3 is 24.6 Å². The highest BCUT2D eigenvalue weighted by molar-refractivity contribution is 5.99. The van der Waals surface area contributed by atoms with E-state index in [0.717, 1.165) is 12.5 Å². The zero-order valence-corrected chi connectivity index (χ0v) is 17.2. The van der Waals surface area contributed by atoms with Crippen molar-refractivity contribution >= 4 is 11.8 Å². The van der Waals surface area contributed by atoms with Crippen molar-refractivity contribution in [2.45, 2.75) is 38.1 Å². The van der Waals surface area contributed by atoms with Gasteiger partial charge in [-0.15, -0.1) is 0 Å². The number of pyridine rings is 1. The molecular formula is C22H21F2N3O5. The van der Waals surface area contributed by atoms with Crippen molar-refractivity contribution in [3.05, 3.63) is 63.1 Å². The lowest BCUT2D eigenvalue weighted by Crippen LogP contribution is -2.51. The maximum Gasteiger partial charge on any atom is 0.274 e. The molecule has 0 saturated carbocycles. The number of nitrogens with zero attached hydrogens (tertiary/aromatic N) is 2. The minimum atomic E-state index is -0.986. The van der Waals surface area contributed by atoms with Gasteiger partial charge in [0.25, 0.3) is 11.8 Å². The van der Waals surface area contributed by atoms with E-state index in [1.54, 1.807) is 4.90 Å². The molecule has 3 aliphatic rings. The highest BCUT2D eigenvalue weighted by Crippen LogP contribution is 2.41. The number of amides is 2. The number of benzene rings is 1. The average molecular weight is 445 g/mol. The Kier molecular flexibility index (Phi) is 4.77. The van der Waals surface area contributed by atoms with Crippen LogP contribution >= 0.6 is 0 Å². The molecule has 3 aliphatic heterocycles. The van der Waals surface area contributed by atoms with E-state index >= 15 is 0 Å². The summed E-state index contributed by atoms with van der Waals surface area (Å²) in [5.74, 6) is -3.52. The highest BCUT2D eigenvalue weighted by Gasteiger charge is 2.48. The van der Waals surface area contributed by atoms with Gasteiger partial charge in [-0.2, -0.15) is 0 Å². The second kappa shape index (κ2) is 7.40. The lowest BCUT2D eigenvalue weighted by atomic mass is 9.98. The molecule has 4 heterocycles. The van der Waals surface area contributed by atoms with Crippen LogP contribution in [0.25, 0.3) is 0 Å². The smallest absolute Gasteiger partial charge is 0.274 e. The highest BCUT2D eigenvalue weighted by atomic mass is 19.1. The van der Waals surface area contributed by atoms with E-state index < -0.39 is 34.6 Å². The van der Waals surface area contributed by atoms with Crippen molar-refractivity contribution in [3.63, 3.8) is 0 Å². The van der Waals surface area contributed by atoms with Crippen LogP contribution in [0.15, 0.2) is 29.2 Å². The summed E-state index contributed by atoms with van der Waals surface area (Å²) in [5, 5.41) is 13.0. The second-order valence-electron chi connectivity index (χ2n) is 8.53. The van der Waals surface area contributed by atoms with Crippen LogP contribution in [0.4, 0.5) is 8.78 Å². The molecule has 0 radical (unpaired) electrons. The third-order valence-electron chi connectivity index (χ3n) is 6.78. The summed E-state index contributed by atoms with van der Waals surface area (Å²) in [4.78, 5) is 40.2. The predicted octanol–water partition coefficient (Wildman–Crippen LogP) is 1.57. The normalized spacial score (nSPS) is 26.0. The average Bonchev–Trinajstić information content (AvgIpc) is 3.20. The molecule has 4 atom stereocenters. The van der Waals surface area contributed by atoms with Crippen molar-refractivity contribution in [1.82, 2.24) is 14.8 Å². The summed E-state index contributed by atoms with van der Waals surface area (Å²) < 4.78 is 34.3. The van der Waals surface area contributed by atoms with Crippen LogP contribution in [-0.2, 0) is 11.3 Å². The van der Waals surface area contributed by atoms with Crippen LogP contribution < -0.4 is 10.7 Å². The standard InChI is InChI=1S/C22H21F2N3O5/c1-10-12-4-17(32-9-12)16-8-26(10)22(31)18-20(29)19(28)14(7-27(16)18)21(30)25-6-11-2-3-13(23)5-15(11)24/h2-3,5,7,10,12,16-17,29H,4,6,8-9H2,1H3,(H,25,30)/t10-,12+,16+,17?/m0/s1. The van der Waals surface area contributed by atoms with Crippen molar-refractivity contribution in [1.29, 1.82) is 0 Å². The number of carbonyl (C=O) groups is 2. The van der Waals surface area contributed by atoms with Gasteiger partial charge in [-0.1, -0.05) is 6.07 Å². The molecule has 2 fully saturated rings. The summed E-state index contributed by atoms with van der Waals surface area (Å²) in [6.07, 6.45) is 1.78. The minimum Gasteiger partial charge on any atom is -0.503 e. The summed E-state index contributed by atoms with van der Waals surface area (Å²) >= 11 is 0. The van der Waals surface area contributed by atoms with Gasteiger partial charge in [-0.25, -0.2) is 8.78 Å². The number of hydrogen-bond acceptors (Lipinski definition) is 5. The van der Waals surface area contributed by atoms with E-state index in [9.17, 15) is 28.3 Å². The number of ether oxygens (including phenoxy) is 1. The Labute approximate surface area is 181 Å². The predicted molar refractivity (Wildman–Crippen MR) is 107 cm³/mol. The van der Waals surface area contributed by atoms with Crippen LogP contribution in [0.2, 0.25) is 0 Å². The Morgan fingerprint density at radius 1 is 1.31 bits per heavy atom. The van der Waals surface area contributed by atoms with Crippen molar-refractivity contribution in [2.75, 3.05) is 13.2 Å². The molecule has 8 nitrogen and oxygen atoms in total. The van der Waals surface area contributed by atoms with Gasteiger partial charge in [-0.3, -0.25) is 14.4 Å². The first kappa shape index (κ1) is 20.6. The number of hydrogen-bond donors (Lipinski definition) is 2. The van der Waals surface area contributed by atoms with Gasteiger partial charge in [0.2, 0.25) is 5.43 Å². The van der Waals surface area contributed by atoms with E-state index in [-0.39, 0.29) is 47.5 Å². The molecule has 32 heavy (non-hydrogen) atoms. The van der Waals surface area contributed by atoms with Gasteiger partial charge in [0.1, 0.15) is 17.2 Å². The summed E-state index contributed by atoms with van der Waals surface area (Å²) in [6, 6.07) is 2.49. The monoisotopic (exact) mass is 445 g/mol. The van der Waals surface area contributed by atoms with Crippen molar-refractivity contribution < 1.29 is 28.2 Å². The molecule has 2 N–H and O–H groups in total. The fourth-order valence-electron chi connectivity index (χ4n) is 4.89. The van der Waals surface area contributed by atoms with E-state index in [1.807, 2.05) is 6.92 Å². The van der Waals surface area contributed by atoms with Crippen LogP contribution in [-0.4, -0.2) is 51.7 Å². The van der Waals surface area contributed by atoms with Gasteiger partial charge in [-0.05, 0) is 19.4 Å². The van der Waals surface area contributed by atoms with Crippen LogP contribution in [0, 0.1) is 17.6 Å². The van der Waals surface area contributed by atoms with Gasteiger partial charge in [0.15, 0.2) is 11.4 Å². The molecule has 2 aromatic rings. The van der Waals surface area contributed by atoms with Crippen LogP contribution in [0.3, 0.4) is 0 Å². The van der Waals surface area contributed by atoms with E-state index in [1.165, 1.54) is 16.8 Å². The zero-order chi connectivity index (χ0) is 22.7. The molecule has 1 aromatic heterocycles. The summed E-state index contributed by atoms with van der Waals surface area (Å²) in [7, 11) is 0. The maximum atomic E-state index is 13.9. The lowest BCUT2D eigenvalue weighted by molar-refractivity contribution is 0.00885. The minimum absolute atomic E-state index is 0.0380. The Morgan fingerprint density at radius 3 is 2.84 bits per heavy atom. The number of aromatic nitrogens is 1. The number of nitrogens with one attached hydrogen (secondary N) is 1. The molecular weight excluding hydrogens is 424 g/mol. The summed E-state index contributed by atoms with van der Waals surface area (Å²) in [6.45, 7) is 2.51. The largest absolute Gasteiger partial charge is 0.503 e. The summed E-state index contributed by atoms with van der Waals surface area (Å²) in [5.41, 5.74) is -1.48. The van der Waals surface area contributed by atoms with Crippen LogP contribution in [0.1, 0.15) is 45.8 Å². The number of rotatable bonds is 3. The second-order valence-corrected chi connectivity index (χ2v) is 8.53. The fraction of sp³-hybridized carbons (Fsp3) is 0.409. The number of halogens is 2. The fourth-order valence-corrected chi connectivity index (χ4v) is 4.89. The van der Waals surface area contributed by atoms with Crippen molar-refractivity contribution in [3.8, 4) is 5.75 Å². The third kappa shape index (κ3) is 3.09. The number of carbonyl (C=O) groups excluding carboxylic acids is 2. The Morgan fingerprint density at radius 2 is 2.09 bits per heavy atom. The van der Waals surface area contributed by atoms with Gasteiger partial charge >= 0.3 is 0 Å². The molecule has 0 aliphatic carbocycles.